The van der Waals surface area contributed by atoms with Crippen LogP contribution in [0.2, 0.25) is 0 Å². The summed E-state index contributed by atoms with van der Waals surface area (Å²) >= 11 is 3.27. The van der Waals surface area contributed by atoms with Crippen LogP contribution in [0.3, 0.4) is 0 Å². The smallest absolute Gasteiger partial charge is 0.258 e. The molecule has 0 saturated carbocycles. The van der Waals surface area contributed by atoms with Gasteiger partial charge < -0.3 is 5.32 Å². The highest BCUT2D eigenvalue weighted by atomic mass is 79.9. The first kappa shape index (κ1) is 12.7. The van der Waals surface area contributed by atoms with Gasteiger partial charge in [-0.1, -0.05) is 12.1 Å². The molecule has 0 unspecified atom stereocenters. The molecule has 0 fully saturated rings. The number of rotatable bonds is 2. The summed E-state index contributed by atoms with van der Waals surface area (Å²) in [5.41, 5.74) is 1.43. The molecule has 0 atom stereocenters. The van der Waals surface area contributed by atoms with E-state index in [1.165, 1.54) is 24.4 Å². The Morgan fingerprint density at radius 3 is 2.78 bits per heavy atom. The van der Waals surface area contributed by atoms with E-state index in [-0.39, 0.29) is 5.56 Å². The zero-order chi connectivity index (χ0) is 13.1. The summed E-state index contributed by atoms with van der Waals surface area (Å²) in [7, 11) is 0. The van der Waals surface area contributed by atoms with Gasteiger partial charge in [-0.15, -0.1) is 0 Å². The van der Waals surface area contributed by atoms with E-state index >= 15 is 0 Å². The van der Waals surface area contributed by atoms with Crippen molar-refractivity contribution < 1.29 is 9.18 Å². The van der Waals surface area contributed by atoms with Crippen molar-refractivity contribution in [3.8, 4) is 0 Å². The molecule has 0 aliphatic heterocycles. The van der Waals surface area contributed by atoms with Crippen LogP contribution >= 0.6 is 15.9 Å². The second kappa shape index (κ2) is 5.27. The van der Waals surface area contributed by atoms with E-state index in [2.05, 4.69) is 26.2 Å². The number of carbonyl (C=O) groups excluding carboxylic acids is 1. The summed E-state index contributed by atoms with van der Waals surface area (Å²) < 4.78 is 14.1. The number of pyridine rings is 1. The first-order valence-corrected chi connectivity index (χ1v) is 6.05. The lowest BCUT2D eigenvalue weighted by Gasteiger charge is -2.07. The van der Waals surface area contributed by atoms with E-state index in [9.17, 15) is 9.18 Å². The van der Waals surface area contributed by atoms with E-state index in [1.807, 2.05) is 6.92 Å². The number of anilines is 1. The number of nitrogens with zero attached hydrogens (tertiary/aromatic N) is 1. The number of hydrogen-bond acceptors (Lipinski definition) is 2. The molecule has 18 heavy (non-hydrogen) atoms. The van der Waals surface area contributed by atoms with Crippen LogP contribution in [0.5, 0.6) is 0 Å². The Labute approximate surface area is 112 Å². The Morgan fingerprint density at radius 2 is 2.11 bits per heavy atom. The van der Waals surface area contributed by atoms with Crippen LogP contribution in [0.1, 0.15) is 15.9 Å². The maximum Gasteiger partial charge on any atom is 0.258 e. The van der Waals surface area contributed by atoms with Gasteiger partial charge in [0, 0.05) is 0 Å². The van der Waals surface area contributed by atoms with Gasteiger partial charge in [0.25, 0.3) is 5.91 Å². The molecule has 1 aromatic carbocycles. The van der Waals surface area contributed by atoms with Crippen molar-refractivity contribution in [2.24, 2.45) is 0 Å². The largest absolute Gasteiger partial charge is 0.320 e. The lowest BCUT2D eigenvalue weighted by molar-refractivity contribution is 0.102. The molecule has 0 saturated heterocycles. The van der Waals surface area contributed by atoms with Crippen molar-refractivity contribution in [3.05, 3.63) is 58.1 Å². The summed E-state index contributed by atoms with van der Waals surface area (Å²) in [6.07, 6.45) is 1.51. The summed E-state index contributed by atoms with van der Waals surface area (Å²) in [4.78, 5) is 15.9. The van der Waals surface area contributed by atoms with Gasteiger partial charge in [0.1, 0.15) is 10.4 Å². The molecule has 1 aromatic heterocycles. The predicted molar refractivity (Wildman–Crippen MR) is 71.0 cm³/mol. The molecule has 1 heterocycles. The zero-order valence-electron chi connectivity index (χ0n) is 9.58. The van der Waals surface area contributed by atoms with Crippen molar-refractivity contribution in [1.82, 2.24) is 4.98 Å². The SMILES string of the molecule is Cc1cc(NC(=O)c2ccccc2F)cnc1Br. The number of benzene rings is 1. The van der Waals surface area contributed by atoms with Gasteiger partial charge in [-0.2, -0.15) is 0 Å². The van der Waals surface area contributed by atoms with Crippen LogP contribution in [-0.4, -0.2) is 10.9 Å². The van der Waals surface area contributed by atoms with Crippen LogP contribution in [0.4, 0.5) is 10.1 Å². The molecule has 2 rings (SSSR count). The van der Waals surface area contributed by atoms with Gasteiger partial charge in [0.15, 0.2) is 0 Å². The minimum Gasteiger partial charge on any atom is -0.320 e. The zero-order valence-corrected chi connectivity index (χ0v) is 11.2. The Kier molecular flexibility index (Phi) is 3.72. The quantitative estimate of drug-likeness (QED) is 0.862. The topological polar surface area (TPSA) is 42.0 Å². The molecule has 1 N–H and O–H groups in total. The molecule has 0 aliphatic carbocycles. The number of carbonyl (C=O) groups is 1. The second-order valence-electron chi connectivity index (χ2n) is 3.77. The van der Waals surface area contributed by atoms with Crippen LogP contribution < -0.4 is 5.32 Å². The number of amides is 1. The third kappa shape index (κ3) is 2.73. The van der Waals surface area contributed by atoms with Crippen LogP contribution in [-0.2, 0) is 0 Å². The summed E-state index contributed by atoms with van der Waals surface area (Å²) in [6.45, 7) is 1.86. The predicted octanol–water partition coefficient (Wildman–Crippen LogP) is 3.54. The Hall–Kier alpha value is -1.75. The Balaban J connectivity index is 2.22. The lowest BCUT2D eigenvalue weighted by atomic mass is 10.2. The monoisotopic (exact) mass is 308 g/mol. The Bertz CT molecular complexity index is 601. The van der Waals surface area contributed by atoms with Crippen molar-refractivity contribution in [1.29, 1.82) is 0 Å². The van der Waals surface area contributed by atoms with Crippen LogP contribution in [0.15, 0.2) is 41.1 Å². The fourth-order valence-electron chi connectivity index (χ4n) is 1.47. The highest BCUT2D eigenvalue weighted by Crippen LogP contribution is 2.17. The fraction of sp³-hybridized carbons (Fsp3) is 0.0769. The van der Waals surface area contributed by atoms with Gasteiger partial charge in [-0.3, -0.25) is 4.79 Å². The molecule has 2 aromatic rings. The van der Waals surface area contributed by atoms with Gasteiger partial charge in [-0.25, -0.2) is 9.37 Å². The van der Waals surface area contributed by atoms with Crippen LogP contribution in [0.25, 0.3) is 0 Å². The van der Waals surface area contributed by atoms with E-state index in [0.29, 0.717) is 10.3 Å². The number of halogens is 2. The molecular formula is C13H10BrFN2O. The normalized spacial score (nSPS) is 10.2. The molecule has 92 valence electrons. The number of hydrogen-bond donors (Lipinski definition) is 1. The molecule has 0 aliphatic rings. The van der Waals surface area contributed by atoms with Gasteiger partial charge in [0.2, 0.25) is 0 Å². The van der Waals surface area contributed by atoms with E-state index in [4.69, 9.17) is 0 Å². The molecule has 0 bridgehead atoms. The standard InChI is InChI=1S/C13H10BrFN2O/c1-8-6-9(7-16-12(8)14)17-13(18)10-4-2-3-5-11(10)15/h2-7H,1H3,(H,17,18). The minimum absolute atomic E-state index is 0.0121. The second-order valence-corrected chi connectivity index (χ2v) is 4.52. The maximum absolute atomic E-state index is 13.4. The first-order chi connectivity index (χ1) is 8.58. The van der Waals surface area contributed by atoms with E-state index in [0.717, 1.165) is 5.56 Å². The molecule has 0 spiro atoms. The minimum atomic E-state index is -0.545. The summed E-state index contributed by atoms with van der Waals surface area (Å²) in [5.74, 6) is -1.03. The number of aryl methyl sites for hydroxylation is 1. The number of nitrogens with one attached hydrogen (secondary N) is 1. The van der Waals surface area contributed by atoms with Crippen molar-refractivity contribution in [3.63, 3.8) is 0 Å². The number of aromatic nitrogens is 1. The maximum atomic E-state index is 13.4. The fourth-order valence-corrected chi connectivity index (χ4v) is 1.69. The van der Waals surface area contributed by atoms with Gasteiger partial charge >= 0.3 is 0 Å². The molecule has 5 heteroatoms. The molecular weight excluding hydrogens is 299 g/mol. The summed E-state index contributed by atoms with van der Waals surface area (Å²) in [5, 5.41) is 2.60. The van der Waals surface area contributed by atoms with Gasteiger partial charge in [-0.05, 0) is 46.6 Å². The lowest BCUT2D eigenvalue weighted by Crippen LogP contribution is -2.13. The first-order valence-electron chi connectivity index (χ1n) is 5.26. The van der Waals surface area contributed by atoms with Crippen molar-refractivity contribution in [2.45, 2.75) is 6.92 Å². The third-order valence-electron chi connectivity index (χ3n) is 2.39. The average molecular weight is 309 g/mol. The van der Waals surface area contributed by atoms with E-state index < -0.39 is 11.7 Å². The average Bonchev–Trinajstić information content (AvgIpc) is 2.34. The summed E-state index contributed by atoms with van der Waals surface area (Å²) in [6, 6.07) is 7.60. The molecule has 0 radical (unpaired) electrons. The molecule has 1 amide bonds. The Morgan fingerprint density at radius 1 is 1.39 bits per heavy atom. The van der Waals surface area contributed by atoms with E-state index in [1.54, 1.807) is 12.1 Å². The highest BCUT2D eigenvalue weighted by molar-refractivity contribution is 9.10. The van der Waals surface area contributed by atoms with Crippen molar-refractivity contribution >= 4 is 27.5 Å². The van der Waals surface area contributed by atoms with Gasteiger partial charge in [0.05, 0.1) is 17.4 Å². The molecule has 3 nitrogen and oxygen atoms in total. The van der Waals surface area contributed by atoms with Crippen molar-refractivity contribution in [2.75, 3.05) is 5.32 Å². The third-order valence-corrected chi connectivity index (χ3v) is 3.22. The van der Waals surface area contributed by atoms with Crippen LogP contribution in [0, 0.1) is 12.7 Å². The highest BCUT2D eigenvalue weighted by Gasteiger charge is 2.11.